The number of amidine groups is 1. The van der Waals surface area contributed by atoms with E-state index in [1.54, 1.807) is 12.1 Å². The van der Waals surface area contributed by atoms with Gasteiger partial charge in [0.2, 0.25) is 0 Å². The Hall–Kier alpha value is -1.46. The van der Waals surface area contributed by atoms with Crippen LogP contribution in [-0.4, -0.2) is 35.0 Å². The van der Waals surface area contributed by atoms with Crippen molar-refractivity contribution in [1.29, 1.82) is 5.41 Å². The highest BCUT2D eigenvalue weighted by atomic mass is 19.1. The molecule has 0 saturated carbocycles. The summed E-state index contributed by atoms with van der Waals surface area (Å²) in [5.41, 5.74) is 6.03. The summed E-state index contributed by atoms with van der Waals surface area (Å²) in [6.07, 6.45) is 1.01. The highest BCUT2D eigenvalue weighted by Crippen LogP contribution is 2.26. The number of nitrogen functional groups attached to an aromatic ring is 1. The van der Waals surface area contributed by atoms with E-state index < -0.39 is 5.82 Å². The third kappa shape index (κ3) is 2.77. The van der Waals surface area contributed by atoms with Crippen LogP contribution in [0.25, 0.3) is 0 Å². The molecule has 0 bridgehead atoms. The zero-order valence-corrected chi connectivity index (χ0v) is 11.1. The molecule has 2 rings (SSSR count). The first-order valence-corrected chi connectivity index (χ1v) is 6.51. The molecule has 0 spiro atoms. The summed E-state index contributed by atoms with van der Waals surface area (Å²) >= 11 is 0. The topological polar surface area (TPSA) is 73.3 Å². The van der Waals surface area contributed by atoms with Crippen molar-refractivity contribution in [2.24, 2.45) is 11.7 Å². The molecule has 0 radical (unpaired) electrons. The van der Waals surface area contributed by atoms with Gasteiger partial charge in [-0.3, -0.25) is 10.3 Å². The summed E-state index contributed by atoms with van der Waals surface area (Å²) in [5.74, 6) is -0.261. The van der Waals surface area contributed by atoms with Crippen molar-refractivity contribution in [2.45, 2.75) is 25.9 Å². The van der Waals surface area contributed by atoms with Crippen LogP contribution in [0.15, 0.2) is 18.2 Å². The average Bonchev–Trinajstić information content (AvgIpc) is 2.72. The zero-order valence-electron chi connectivity index (χ0n) is 11.1. The first-order chi connectivity index (χ1) is 9.04. The third-order valence-electron chi connectivity index (χ3n) is 3.93. The molecule has 4 N–H and O–H groups in total. The van der Waals surface area contributed by atoms with E-state index >= 15 is 0 Å². The highest BCUT2D eigenvalue weighted by Gasteiger charge is 2.30. The predicted molar refractivity (Wildman–Crippen MR) is 72.5 cm³/mol. The van der Waals surface area contributed by atoms with Gasteiger partial charge in [-0.1, -0.05) is 19.1 Å². The van der Waals surface area contributed by atoms with Crippen LogP contribution in [0.5, 0.6) is 0 Å². The summed E-state index contributed by atoms with van der Waals surface area (Å²) in [6.45, 7) is 3.50. The maximum absolute atomic E-state index is 14.2. The number of aliphatic hydroxyl groups is 1. The lowest BCUT2D eigenvalue weighted by atomic mass is 10.0. The number of hydrogen-bond donors (Lipinski definition) is 3. The fraction of sp³-hybridized carbons (Fsp3) is 0.500. The van der Waals surface area contributed by atoms with E-state index in [1.807, 2.05) is 0 Å². The van der Waals surface area contributed by atoms with Crippen molar-refractivity contribution in [2.75, 3.05) is 13.2 Å². The van der Waals surface area contributed by atoms with Gasteiger partial charge in [0, 0.05) is 18.2 Å². The minimum Gasteiger partial charge on any atom is -0.395 e. The molecule has 1 fully saturated rings. The van der Waals surface area contributed by atoms with Crippen LogP contribution < -0.4 is 5.73 Å². The molecule has 1 aromatic rings. The molecule has 1 aliphatic rings. The van der Waals surface area contributed by atoms with E-state index in [0.29, 0.717) is 18.0 Å². The van der Waals surface area contributed by atoms with Gasteiger partial charge in [0.15, 0.2) is 0 Å². The van der Waals surface area contributed by atoms with Gasteiger partial charge in [0.25, 0.3) is 0 Å². The summed E-state index contributed by atoms with van der Waals surface area (Å²) in [7, 11) is 0. The largest absolute Gasteiger partial charge is 0.395 e. The second-order valence-electron chi connectivity index (χ2n) is 5.18. The molecule has 1 saturated heterocycles. The molecule has 0 aromatic heterocycles. The Kier molecular flexibility index (Phi) is 4.17. The van der Waals surface area contributed by atoms with E-state index in [-0.39, 0.29) is 24.0 Å². The lowest BCUT2D eigenvalue weighted by Gasteiger charge is -2.25. The maximum atomic E-state index is 14.2. The first kappa shape index (κ1) is 14.0. The number of aliphatic hydroxyl groups excluding tert-OH is 1. The fourth-order valence-electron chi connectivity index (χ4n) is 2.71. The Balaban J connectivity index is 2.20. The van der Waals surface area contributed by atoms with Crippen LogP contribution in [0.2, 0.25) is 0 Å². The first-order valence-electron chi connectivity index (χ1n) is 6.51. The minimum absolute atomic E-state index is 0.0837. The van der Waals surface area contributed by atoms with Crippen LogP contribution in [-0.2, 0) is 6.54 Å². The van der Waals surface area contributed by atoms with Crippen LogP contribution >= 0.6 is 0 Å². The standard InChI is InChI=1S/C14H20FN3O/c1-9-5-6-18(12(9)8-19)7-10-3-2-4-11(13(10)15)14(16)17/h2-4,9,12,19H,5-8H2,1H3,(H3,16,17). The predicted octanol–water partition coefficient (Wildman–Crippen LogP) is 1.31. The lowest BCUT2D eigenvalue weighted by Crippen LogP contribution is -2.35. The molecule has 2 unspecified atom stereocenters. The van der Waals surface area contributed by atoms with Crippen molar-refractivity contribution < 1.29 is 9.50 Å². The highest BCUT2D eigenvalue weighted by molar-refractivity contribution is 5.95. The van der Waals surface area contributed by atoms with E-state index in [2.05, 4.69) is 11.8 Å². The molecule has 0 aliphatic carbocycles. The molecular formula is C14H20FN3O. The van der Waals surface area contributed by atoms with Gasteiger partial charge in [0.05, 0.1) is 12.2 Å². The van der Waals surface area contributed by atoms with Gasteiger partial charge in [-0.15, -0.1) is 0 Å². The smallest absolute Gasteiger partial charge is 0.138 e. The summed E-state index contributed by atoms with van der Waals surface area (Å²) in [5, 5.41) is 16.8. The van der Waals surface area contributed by atoms with Crippen molar-refractivity contribution in [3.05, 3.63) is 35.1 Å². The number of nitrogens with zero attached hydrogens (tertiary/aromatic N) is 1. The van der Waals surface area contributed by atoms with Crippen LogP contribution in [0, 0.1) is 17.1 Å². The summed E-state index contributed by atoms with van der Waals surface area (Å²) in [4.78, 5) is 2.09. The third-order valence-corrected chi connectivity index (χ3v) is 3.93. The zero-order chi connectivity index (χ0) is 14.0. The SMILES string of the molecule is CC1CCN(Cc2cccc(C(=N)N)c2F)C1CO. The minimum atomic E-state index is -0.425. The molecule has 5 heteroatoms. The van der Waals surface area contributed by atoms with Crippen LogP contribution in [0.4, 0.5) is 4.39 Å². The van der Waals surface area contributed by atoms with Crippen molar-refractivity contribution >= 4 is 5.84 Å². The Labute approximate surface area is 112 Å². The van der Waals surface area contributed by atoms with Gasteiger partial charge >= 0.3 is 0 Å². The van der Waals surface area contributed by atoms with Crippen LogP contribution in [0.1, 0.15) is 24.5 Å². The van der Waals surface area contributed by atoms with Crippen molar-refractivity contribution in [1.82, 2.24) is 4.90 Å². The number of hydrogen-bond acceptors (Lipinski definition) is 3. The molecule has 0 amide bonds. The maximum Gasteiger partial charge on any atom is 0.138 e. The number of benzene rings is 1. The Morgan fingerprint density at radius 2 is 2.32 bits per heavy atom. The number of rotatable bonds is 4. The number of nitrogens with two attached hydrogens (primary N) is 1. The monoisotopic (exact) mass is 265 g/mol. The van der Waals surface area contributed by atoms with E-state index in [0.717, 1.165) is 13.0 Å². The summed E-state index contributed by atoms with van der Waals surface area (Å²) in [6, 6.07) is 5.01. The van der Waals surface area contributed by atoms with Gasteiger partial charge in [-0.05, 0) is 24.9 Å². The molecule has 4 nitrogen and oxygen atoms in total. The van der Waals surface area contributed by atoms with Gasteiger partial charge < -0.3 is 10.8 Å². The van der Waals surface area contributed by atoms with Gasteiger partial charge in [-0.25, -0.2) is 4.39 Å². The molecule has 1 heterocycles. The second kappa shape index (κ2) is 5.67. The Bertz CT molecular complexity index is 478. The molecule has 2 atom stereocenters. The number of nitrogens with one attached hydrogen (secondary N) is 1. The second-order valence-corrected chi connectivity index (χ2v) is 5.18. The number of halogens is 1. The van der Waals surface area contributed by atoms with E-state index in [4.69, 9.17) is 11.1 Å². The quantitative estimate of drug-likeness (QED) is 0.567. The van der Waals surface area contributed by atoms with Crippen LogP contribution in [0.3, 0.4) is 0 Å². The lowest BCUT2D eigenvalue weighted by molar-refractivity contribution is 0.133. The van der Waals surface area contributed by atoms with Gasteiger partial charge in [-0.2, -0.15) is 0 Å². The Morgan fingerprint density at radius 3 is 2.95 bits per heavy atom. The normalized spacial score (nSPS) is 23.7. The molecule has 1 aliphatic heterocycles. The molecule has 1 aromatic carbocycles. The number of likely N-dealkylation sites (tertiary alicyclic amines) is 1. The van der Waals surface area contributed by atoms with Crippen molar-refractivity contribution in [3.8, 4) is 0 Å². The molecular weight excluding hydrogens is 245 g/mol. The van der Waals surface area contributed by atoms with E-state index in [9.17, 15) is 9.50 Å². The fourth-order valence-corrected chi connectivity index (χ4v) is 2.71. The average molecular weight is 265 g/mol. The molecule has 19 heavy (non-hydrogen) atoms. The Morgan fingerprint density at radius 1 is 1.58 bits per heavy atom. The van der Waals surface area contributed by atoms with Crippen molar-refractivity contribution in [3.63, 3.8) is 0 Å². The van der Waals surface area contributed by atoms with Gasteiger partial charge in [0.1, 0.15) is 11.7 Å². The summed E-state index contributed by atoms with van der Waals surface area (Å²) < 4.78 is 14.2. The van der Waals surface area contributed by atoms with E-state index in [1.165, 1.54) is 6.07 Å². The molecule has 104 valence electrons.